The zero-order valence-corrected chi connectivity index (χ0v) is 21.8. The van der Waals surface area contributed by atoms with Gasteiger partial charge in [0.15, 0.2) is 11.6 Å². The lowest BCUT2D eigenvalue weighted by molar-refractivity contribution is -0.184. The van der Waals surface area contributed by atoms with E-state index in [1.54, 1.807) is 0 Å². The molecule has 194 valence electrons. The first-order chi connectivity index (χ1) is 17.6. The summed E-state index contributed by atoms with van der Waals surface area (Å²) in [6.45, 7) is 5.22. The van der Waals surface area contributed by atoms with E-state index in [0.717, 1.165) is 28.7 Å². The van der Waals surface area contributed by atoms with Crippen molar-refractivity contribution in [3.8, 4) is 0 Å². The molecular formula is C33H38O4. The van der Waals surface area contributed by atoms with Gasteiger partial charge in [0.2, 0.25) is 0 Å². The average Bonchev–Trinajstić information content (AvgIpc) is 2.90. The Bertz CT molecular complexity index is 1110. The van der Waals surface area contributed by atoms with Gasteiger partial charge in [0.1, 0.15) is 0 Å². The van der Waals surface area contributed by atoms with Crippen molar-refractivity contribution < 1.29 is 20.4 Å². The fourth-order valence-corrected chi connectivity index (χ4v) is 4.79. The van der Waals surface area contributed by atoms with Crippen molar-refractivity contribution in [1.29, 1.82) is 0 Å². The molecule has 4 nitrogen and oxygen atoms in total. The Hall–Kier alpha value is -3.28. The summed E-state index contributed by atoms with van der Waals surface area (Å²) in [6, 6.07) is 38.4. The molecule has 0 aliphatic carbocycles. The van der Waals surface area contributed by atoms with Crippen molar-refractivity contribution in [2.45, 2.75) is 56.5 Å². The number of hydrogen-bond acceptors (Lipinski definition) is 4. The van der Waals surface area contributed by atoms with Crippen molar-refractivity contribution in [3.63, 3.8) is 0 Å². The van der Waals surface area contributed by atoms with E-state index in [2.05, 4.69) is 0 Å². The molecule has 0 aromatic heterocycles. The van der Waals surface area contributed by atoms with Crippen LogP contribution in [0.1, 0.15) is 61.8 Å². The van der Waals surface area contributed by atoms with Gasteiger partial charge in [0.05, 0.1) is 11.3 Å². The van der Waals surface area contributed by atoms with E-state index in [9.17, 15) is 20.4 Å². The zero-order valence-electron chi connectivity index (χ0n) is 21.8. The lowest BCUT2D eigenvalue weighted by Crippen LogP contribution is -2.48. The summed E-state index contributed by atoms with van der Waals surface area (Å²) in [5.74, 6) is -3.98. The molecular weight excluding hydrogens is 460 g/mol. The topological polar surface area (TPSA) is 80.9 Å². The monoisotopic (exact) mass is 498 g/mol. The standard InChI is InChI=1S/C17H20O2.C16H18O2/c1-2-13-17(18,19)16(14-9-5-3-6-10-14)15-11-7-4-8-12-15;1-15(16(2,17)18,13-9-5-3-6-10-13)14-11-7-4-8-12-14/h3-12,16,18-19H,2,13H2,1H3;3-12,17-18H,1-2H3. The normalized spacial score (nSPS) is 12.1. The van der Waals surface area contributed by atoms with Gasteiger partial charge in [0, 0.05) is 6.42 Å². The molecule has 4 rings (SSSR count). The summed E-state index contributed by atoms with van der Waals surface area (Å²) < 4.78 is 0. The van der Waals surface area contributed by atoms with E-state index >= 15 is 0 Å². The van der Waals surface area contributed by atoms with E-state index in [1.165, 1.54) is 6.92 Å². The Balaban J connectivity index is 0.000000206. The van der Waals surface area contributed by atoms with Gasteiger partial charge in [0.25, 0.3) is 0 Å². The smallest absolute Gasteiger partial charge is 0.173 e. The van der Waals surface area contributed by atoms with E-state index in [1.807, 2.05) is 135 Å². The van der Waals surface area contributed by atoms with Crippen LogP contribution in [-0.4, -0.2) is 32.0 Å². The van der Waals surface area contributed by atoms with E-state index in [-0.39, 0.29) is 0 Å². The molecule has 4 heteroatoms. The van der Waals surface area contributed by atoms with Gasteiger partial charge in [-0.3, -0.25) is 0 Å². The largest absolute Gasteiger partial charge is 0.365 e. The fourth-order valence-electron chi connectivity index (χ4n) is 4.79. The third-order valence-corrected chi connectivity index (χ3v) is 7.00. The van der Waals surface area contributed by atoms with Crippen LogP contribution in [0.15, 0.2) is 121 Å². The lowest BCUT2D eigenvalue weighted by Gasteiger charge is -2.40. The predicted molar refractivity (Wildman–Crippen MR) is 149 cm³/mol. The van der Waals surface area contributed by atoms with Crippen LogP contribution in [0.4, 0.5) is 0 Å². The highest BCUT2D eigenvalue weighted by atomic mass is 16.5. The fraction of sp³-hybridized carbons (Fsp3) is 0.273. The van der Waals surface area contributed by atoms with Gasteiger partial charge in [-0.1, -0.05) is 135 Å². The van der Waals surface area contributed by atoms with Crippen molar-refractivity contribution in [2.75, 3.05) is 0 Å². The second-order valence-corrected chi connectivity index (χ2v) is 9.76. The second kappa shape index (κ2) is 12.3. The molecule has 0 aliphatic rings. The van der Waals surface area contributed by atoms with Crippen molar-refractivity contribution in [1.82, 2.24) is 0 Å². The highest BCUT2D eigenvalue weighted by Crippen LogP contribution is 2.40. The van der Waals surface area contributed by atoms with Gasteiger partial charge < -0.3 is 20.4 Å². The summed E-state index contributed by atoms with van der Waals surface area (Å²) in [4.78, 5) is 0. The molecule has 0 saturated carbocycles. The molecule has 0 heterocycles. The Morgan fingerprint density at radius 1 is 0.541 bits per heavy atom. The predicted octanol–water partition coefficient (Wildman–Crippen LogP) is 5.99. The highest BCUT2D eigenvalue weighted by Gasteiger charge is 2.44. The van der Waals surface area contributed by atoms with Crippen molar-refractivity contribution in [3.05, 3.63) is 144 Å². The molecule has 0 amide bonds. The van der Waals surface area contributed by atoms with Gasteiger partial charge in [-0.2, -0.15) is 0 Å². The zero-order chi connectivity index (χ0) is 26.9. The van der Waals surface area contributed by atoms with E-state index in [0.29, 0.717) is 6.42 Å². The molecule has 0 radical (unpaired) electrons. The second-order valence-electron chi connectivity index (χ2n) is 9.76. The van der Waals surface area contributed by atoms with Crippen molar-refractivity contribution >= 4 is 0 Å². The maximum atomic E-state index is 10.4. The van der Waals surface area contributed by atoms with Crippen LogP contribution >= 0.6 is 0 Å². The lowest BCUT2D eigenvalue weighted by atomic mass is 9.70. The molecule has 4 aromatic rings. The summed E-state index contributed by atoms with van der Waals surface area (Å²) >= 11 is 0. The van der Waals surface area contributed by atoms with Gasteiger partial charge in [-0.15, -0.1) is 0 Å². The maximum absolute atomic E-state index is 10.4. The van der Waals surface area contributed by atoms with Crippen LogP contribution < -0.4 is 0 Å². The number of benzene rings is 4. The highest BCUT2D eigenvalue weighted by molar-refractivity contribution is 5.41. The van der Waals surface area contributed by atoms with E-state index in [4.69, 9.17) is 0 Å². The third-order valence-electron chi connectivity index (χ3n) is 7.00. The summed E-state index contributed by atoms with van der Waals surface area (Å²) in [5, 5.41) is 41.3. The van der Waals surface area contributed by atoms with Crippen LogP contribution in [0.3, 0.4) is 0 Å². The van der Waals surface area contributed by atoms with Crippen LogP contribution in [-0.2, 0) is 5.41 Å². The Morgan fingerprint density at radius 2 is 0.865 bits per heavy atom. The summed E-state index contributed by atoms with van der Waals surface area (Å²) in [7, 11) is 0. The molecule has 0 unspecified atom stereocenters. The molecule has 4 N–H and O–H groups in total. The number of hydrogen-bond donors (Lipinski definition) is 4. The molecule has 0 spiro atoms. The first-order valence-electron chi connectivity index (χ1n) is 12.7. The van der Waals surface area contributed by atoms with Gasteiger partial charge in [-0.05, 0) is 36.1 Å². The summed E-state index contributed by atoms with van der Waals surface area (Å²) in [6.07, 6.45) is 1.07. The van der Waals surface area contributed by atoms with Crippen LogP contribution in [0.2, 0.25) is 0 Å². The molecule has 0 fully saturated rings. The minimum absolute atomic E-state index is 0.349. The first kappa shape index (κ1) is 28.3. The molecule has 0 bridgehead atoms. The molecule has 4 aromatic carbocycles. The average molecular weight is 499 g/mol. The molecule has 37 heavy (non-hydrogen) atoms. The number of rotatable bonds is 8. The van der Waals surface area contributed by atoms with E-state index < -0.39 is 22.9 Å². The van der Waals surface area contributed by atoms with Crippen LogP contribution in [0.25, 0.3) is 0 Å². The Labute approximate surface area is 220 Å². The van der Waals surface area contributed by atoms with Gasteiger partial charge >= 0.3 is 0 Å². The third kappa shape index (κ3) is 6.73. The summed E-state index contributed by atoms with van der Waals surface area (Å²) in [5.41, 5.74) is 2.74. The Kier molecular flexibility index (Phi) is 9.41. The maximum Gasteiger partial charge on any atom is 0.173 e. The van der Waals surface area contributed by atoms with Crippen LogP contribution in [0, 0.1) is 0 Å². The SMILES string of the molecule is CC(O)(O)C(C)(c1ccccc1)c1ccccc1.CCCC(O)(O)C(c1ccccc1)c1ccccc1. The molecule has 0 atom stereocenters. The minimum atomic E-state index is -1.84. The first-order valence-corrected chi connectivity index (χ1v) is 12.7. The molecule has 0 saturated heterocycles. The van der Waals surface area contributed by atoms with Crippen LogP contribution in [0.5, 0.6) is 0 Å². The number of aliphatic hydroxyl groups is 4. The molecule has 0 aliphatic heterocycles. The minimum Gasteiger partial charge on any atom is -0.365 e. The quantitative estimate of drug-likeness (QED) is 0.225. The van der Waals surface area contributed by atoms with Crippen molar-refractivity contribution in [2.24, 2.45) is 0 Å². The Morgan fingerprint density at radius 3 is 1.16 bits per heavy atom. The van der Waals surface area contributed by atoms with Gasteiger partial charge in [-0.25, -0.2) is 0 Å².